The molecule has 94 valence electrons. The highest BCUT2D eigenvalue weighted by molar-refractivity contribution is 9.10. The van der Waals surface area contributed by atoms with Gasteiger partial charge in [-0.3, -0.25) is 4.79 Å². The van der Waals surface area contributed by atoms with Crippen molar-refractivity contribution in [3.8, 4) is 0 Å². The SMILES string of the molecule is CCCC(N)C(=O)N(C)Cc1cccc(Br)c1. The van der Waals surface area contributed by atoms with Crippen LogP contribution >= 0.6 is 15.9 Å². The van der Waals surface area contributed by atoms with Crippen molar-refractivity contribution in [3.63, 3.8) is 0 Å². The highest BCUT2D eigenvalue weighted by Crippen LogP contribution is 2.13. The van der Waals surface area contributed by atoms with Gasteiger partial charge >= 0.3 is 0 Å². The molecule has 0 bridgehead atoms. The molecule has 1 unspecified atom stereocenters. The molecule has 0 aliphatic rings. The molecule has 0 radical (unpaired) electrons. The Morgan fingerprint density at radius 2 is 2.24 bits per heavy atom. The summed E-state index contributed by atoms with van der Waals surface area (Å²) in [5.41, 5.74) is 6.91. The minimum atomic E-state index is -0.378. The maximum Gasteiger partial charge on any atom is 0.239 e. The average molecular weight is 299 g/mol. The van der Waals surface area contributed by atoms with Gasteiger partial charge in [0, 0.05) is 18.1 Å². The minimum absolute atomic E-state index is 0.00632. The zero-order chi connectivity index (χ0) is 12.8. The Kier molecular flexibility index (Phi) is 5.65. The third-order valence-electron chi connectivity index (χ3n) is 2.60. The molecule has 0 aliphatic carbocycles. The van der Waals surface area contributed by atoms with Crippen molar-refractivity contribution in [1.82, 2.24) is 4.90 Å². The highest BCUT2D eigenvalue weighted by atomic mass is 79.9. The topological polar surface area (TPSA) is 46.3 Å². The van der Waals surface area contributed by atoms with Crippen molar-refractivity contribution in [2.24, 2.45) is 5.73 Å². The van der Waals surface area contributed by atoms with Crippen LogP contribution in [0.1, 0.15) is 25.3 Å². The van der Waals surface area contributed by atoms with Crippen LogP contribution in [0.4, 0.5) is 0 Å². The Hall–Kier alpha value is -0.870. The van der Waals surface area contributed by atoms with Gasteiger partial charge < -0.3 is 10.6 Å². The number of nitrogens with two attached hydrogens (primary N) is 1. The van der Waals surface area contributed by atoms with Crippen LogP contribution in [0.15, 0.2) is 28.7 Å². The zero-order valence-corrected chi connectivity index (χ0v) is 11.9. The number of halogens is 1. The van der Waals surface area contributed by atoms with E-state index in [1.165, 1.54) is 0 Å². The molecule has 2 N–H and O–H groups in total. The quantitative estimate of drug-likeness (QED) is 0.908. The molecular weight excluding hydrogens is 280 g/mol. The van der Waals surface area contributed by atoms with Crippen molar-refractivity contribution in [1.29, 1.82) is 0 Å². The summed E-state index contributed by atoms with van der Waals surface area (Å²) in [6.07, 6.45) is 1.67. The lowest BCUT2D eigenvalue weighted by molar-refractivity contribution is -0.131. The Labute approximate surface area is 111 Å². The summed E-state index contributed by atoms with van der Waals surface area (Å²) in [6, 6.07) is 7.56. The second-order valence-corrected chi connectivity index (χ2v) is 5.14. The molecule has 0 aliphatic heterocycles. The van der Waals surface area contributed by atoms with E-state index in [9.17, 15) is 4.79 Å². The lowest BCUT2D eigenvalue weighted by atomic mass is 10.1. The second kappa shape index (κ2) is 6.77. The molecule has 17 heavy (non-hydrogen) atoms. The van der Waals surface area contributed by atoms with Gasteiger partial charge in [0.25, 0.3) is 0 Å². The van der Waals surface area contributed by atoms with Gasteiger partial charge in [-0.05, 0) is 24.1 Å². The molecule has 3 nitrogen and oxygen atoms in total. The third kappa shape index (κ3) is 4.48. The smallest absolute Gasteiger partial charge is 0.239 e. The van der Waals surface area contributed by atoms with Crippen molar-refractivity contribution in [2.75, 3.05) is 7.05 Å². The van der Waals surface area contributed by atoms with Crippen LogP contribution in [0.5, 0.6) is 0 Å². The van der Waals surface area contributed by atoms with E-state index in [1.54, 1.807) is 11.9 Å². The van der Waals surface area contributed by atoms with Crippen molar-refractivity contribution in [3.05, 3.63) is 34.3 Å². The summed E-state index contributed by atoms with van der Waals surface area (Å²) in [6.45, 7) is 2.62. The fraction of sp³-hybridized carbons (Fsp3) is 0.462. The van der Waals surface area contributed by atoms with E-state index in [0.717, 1.165) is 22.9 Å². The van der Waals surface area contributed by atoms with Crippen molar-refractivity contribution < 1.29 is 4.79 Å². The summed E-state index contributed by atoms with van der Waals surface area (Å²) < 4.78 is 1.02. The molecule has 0 spiro atoms. The zero-order valence-electron chi connectivity index (χ0n) is 10.3. The number of hydrogen-bond donors (Lipinski definition) is 1. The molecule has 0 fully saturated rings. The van der Waals surface area contributed by atoms with Crippen LogP contribution in [0.2, 0.25) is 0 Å². The van der Waals surface area contributed by atoms with E-state index >= 15 is 0 Å². The average Bonchev–Trinajstić information content (AvgIpc) is 2.28. The summed E-state index contributed by atoms with van der Waals surface area (Å²) in [5, 5.41) is 0. The van der Waals surface area contributed by atoms with Crippen LogP contribution < -0.4 is 5.73 Å². The van der Waals surface area contributed by atoms with Gasteiger partial charge in [-0.1, -0.05) is 41.4 Å². The molecule has 1 aromatic carbocycles. The van der Waals surface area contributed by atoms with Gasteiger partial charge in [0.1, 0.15) is 0 Å². The summed E-state index contributed by atoms with van der Waals surface area (Å²) >= 11 is 3.41. The fourth-order valence-electron chi connectivity index (χ4n) is 1.70. The number of rotatable bonds is 5. The number of carbonyl (C=O) groups excluding carboxylic acids is 1. The van der Waals surface area contributed by atoms with E-state index in [2.05, 4.69) is 15.9 Å². The molecule has 0 heterocycles. The lowest BCUT2D eigenvalue weighted by Gasteiger charge is -2.21. The molecule has 4 heteroatoms. The molecule has 0 saturated carbocycles. The fourth-order valence-corrected chi connectivity index (χ4v) is 2.15. The molecule has 1 aromatic rings. The molecule has 1 atom stereocenters. The lowest BCUT2D eigenvalue weighted by Crippen LogP contribution is -2.41. The van der Waals surface area contributed by atoms with Crippen LogP contribution in [0.25, 0.3) is 0 Å². The Bertz CT molecular complexity index is 381. The molecule has 0 saturated heterocycles. The van der Waals surface area contributed by atoms with Crippen molar-refractivity contribution in [2.45, 2.75) is 32.4 Å². The largest absolute Gasteiger partial charge is 0.340 e. The molecular formula is C13H19BrN2O. The number of nitrogens with zero attached hydrogens (tertiary/aromatic N) is 1. The molecule has 0 aromatic heterocycles. The predicted octanol–water partition coefficient (Wildman–Crippen LogP) is 2.53. The summed E-state index contributed by atoms with van der Waals surface area (Å²) in [7, 11) is 1.79. The summed E-state index contributed by atoms with van der Waals surface area (Å²) in [5.74, 6) is 0.00632. The maximum atomic E-state index is 11.9. The van der Waals surface area contributed by atoms with Gasteiger partial charge in [-0.15, -0.1) is 0 Å². The predicted molar refractivity (Wildman–Crippen MR) is 73.5 cm³/mol. The molecule has 1 amide bonds. The van der Waals surface area contributed by atoms with E-state index in [4.69, 9.17) is 5.73 Å². The van der Waals surface area contributed by atoms with Crippen LogP contribution in [-0.2, 0) is 11.3 Å². The Morgan fingerprint density at radius 1 is 1.53 bits per heavy atom. The number of benzene rings is 1. The number of carbonyl (C=O) groups is 1. The van der Waals surface area contributed by atoms with Gasteiger partial charge in [0.2, 0.25) is 5.91 Å². The monoisotopic (exact) mass is 298 g/mol. The normalized spacial score (nSPS) is 12.2. The number of likely N-dealkylation sites (N-methyl/N-ethyl adjacent to an activating group) is 1. The Morgan fingerprint density at radius 3 is 2.82 bits per heavy atom. The van der Waals surface area contributed by atoms with Crippen LogP contribution in [0, 0.1) is 0 Å². The van der Waals surface area contributed by atoms with Gasteiger partial charge in [-0.2, -0.15) is 0 Å². The number of hydrogen-bond acceptors (Lipinski definition) is 2. The first-order chi connectivity index (χ1) is 8.04. The summed E-state index contributed by atoms with van der Waals surface area (Å²) in [4.78, 5) is 13.6. The van der Waals surface area contributed by atoms with Crippen LogP contribution in [0.3, 0.4) is 0 Å². The standard InChI is InChI=1S/C13H19BrN2O/c1-3-5-12(15)13(17)16(2)9-10-6-4-7-11(14)8-10/h4,6-8,12H,3,5,9,15H2,1-2H3. The first-order valence-electron chi connectivity index (χ1n) is 5.79. The third-order valence-corrected chi connectivity index (χ3v) is 3.10. The first-order valence-corrected chi connectivity index (χ1v) is 6.59. The Balaban J connectivity index is 2.59. The van der Waals surface area contributed by atoms with E-state index in [0.29, 0.717) is 6.54 Å². The molecule has 1 rings (SSSR count). The van der Waals surface area contributed by atoms with Crippen LogP contribution in [-0.4, -0.2) is 23.9 Å². The van der Waals surface area contributed by atoms with E-state index in [1.807, 2.05) is 31.2 Å². The van der Waals surface area contributed by atoms with Crippen molar-refractivity contribution >= 4 is 21.8 Å². The van der Waals surface area contributed by atoms with Gasteiger partial charge in [0.05, 0.1) is 6.04 Å². The first kappa shape index (κ1) is 14.2. The maximum absolute atomic E-state index is 11.9. The van der Waals surface area contributed by atoms with Gasteiger partial charge in [-0.25, -0.2) is 0 Å². The second-order valence-electron chi connectivity index (χ2n) is 4.22. The minimum Gasteiger partial charge on any atom is -0.340 e. The van der Waals surface area contributed by atoms with E-state index in [-0.39, 0.29) is 11.9 Å². The van der Waals surface area contributed by atoms with E-state index < -0.39 is 0 Å². The number of amides is 1. The highest BCUT2D eigenvalue weighted by Gasteiger charge is 2.16. The van der Waals surface area contributed by atoms with Gasteiger partial charge in [0.15, 0.2) is 0 Å².